The molecule has 1 fully saturated rings. The van der Waals surface area contributed by atoms with E-state index in [9.17, 15) is 5.11 Å². The number of phenols is 1. The van der Waals surface area contributed by atoms with Crippen molar-refractivity contribution in [2.45, 2.75) is 18.5 Å². The summed E-state index contributed by atoms with van der Waals surface area (Å²) in [6.07, 6.45) is 0.694. The van der Waals surface area contributed by atoms with Gasteiger partial charge in [0.05, 0.1) is 24.4 Å². The molecule has 134 valence electrons. The molecule has 5 nitrogen and oxygen atoms in total. The SMILES string of the molecule is Oc1cccc(-c2cc(CC3(NCc4ccccc4Cl)COC3)no2)c1. The molecule has 26 heavy (non-hydrogen) atoms. The lowest BCUT2D eigenvalue weighted by Crippen LogP contribution is -2.61. The Morgan fingerprint density at radius 1 is 1.12 bits per heavy atom. The molecule has 0 unspecified atom stereocenters. The van der Waals surface area contributed by atoms with Crippen LogP contribution in [0.3, 0.4) is 0 Å². The third-order valence-corrected chi connectivity index (χ3v) is 4.95. The van der Waals surface area contributed by atoms with E-state index in [-0.39, 0.29) is 11.3 Å². The van der Waals surface area contributed by atoms with Crippen molar-refractivity contribution >= 4 is 11.6 Å². The van der Waals surface area contributed by atoms with Crippen molar-refractivity contribution in [3.8, 4) is 17.1 Å². The number of aromatic hydroxyl groups is 1. The van der Waals surface area contributed by atoms with Crippen molar-refractivity contribution in [3.05, 3.63) is 70.9 Å². The first kappa shape index (κ1) is 17.1. The minimum atomic E-state index is -0.174. The van der Waals surface area contributed by atoms with Crippen LogP contribution in [0.2, 0.25) is 5.02 Å². The maximum atomic E-state index is 9.62. The summed E-state index contributed by atoms with van der Waals surface area (Å²) in [5.41, 5.74) is 2.53. The van der Waals surface area contributed by atoms with E-state index in [4.69, 9.17) is 20.9 Å². The van der Waals surface area contributed by atoms with Gasteiger partial charge < -0.3 is 19.7 Å². The second-order valence-electron chi connectivity index (χ2n) is 6.63. The van der Waals surface area contributed by atoms with Crippen LogP contribution in [-0.2, 0) is 17.7 Å². The van der Waals surface area contributed by atoms with Crippen molar-refractivity contribution in [2.24, 2.45) is 0 Å². The highest BCUT2D eigenvalue weighted by atomic mass is 35.5. The fourth-order valence-corrected chi connectivity index (χ4v) is 3.28. The first-order valence-electron chi connectivity index (χ1n) is 8.45. The summed E-state index contributed by atoms with van der Waals surface area (Å²) >= 11 is 6.24. The smallest absolute Gasteiger partial charge is 0.167 e. The Kier molecular flexibility index (Phi) is 4.68. The molecular formula is C20H19ClN2O3. The zero-order chi connectivity index (χ0) is 18.0. The zero-order valence-corrected chi connectivity index (χ0v) is 14.9. The molecular weight excluding hydrogens is 352 g/mol. The Balaban J connectivity index is 1.46. The van der Waals surface area contributed by atoms with Crippen LogP contribution in [0.1, 0.15) is 11.3 Å². The molecule has 0 radical (unpaired) electrons. The van der Waals surface area contributed by atoms with Gasteiger partial charge in [0.25, 0.3) is 0 Å². The Bertz CT molecular complexity index is 905. The lowest BCUT2D eigenvalue weighted by Gasteiger charge is -2.42. The van der Waals surface area contributed by atoms with Crippen LogP contribution in [0, 0.1) is 0 Å². The molecule has 2 heterocycles. The standard InChI is InChI=1S/C20H19ClN2O3/c21-18-7-2-1-4-15(18)11-22-20(12-25-13-20)10-16-9-19(26-23-16)14-5-3-6-17(24)8-14/h1-9,22,24H,10-13H2. The number of ether oxygens (including phenoxy) is 1. The molecule has 1 saturated heterocycles. The minimum absolute atomic E-state index is 0.174. The third kappa shape index (κ3) is 3.60. The number of nitrogens with zero attached hydrogens (tertiary/aromatic N) is 1. The Hall–Kier alpha value is -2.34. The van der Waals surface area contributed by atoms with Crippen LogP contribution in [-0.4, -0.2) is 29.0 Å². The summed E-state index contributed by atoms with van der Waals surface area (Å²) < 4.78 is 10.9. The van der Waals surface area contributed by atoms with Crippen LogP contribution in [0.25, 0.3) is 11.3 Å². The van der Waals surface area contributed by atoms with E-state index in [1.54, 1.807) is 18.2 Å². The third-order valence-electron chi connectivity index (χ3n) is 4.58. The summed E-state index contributed by atoms with van der Waals surface area (Å²) in [4.78, 5) is 0. The Morgan fingerprint density at radius 2 is 1.96 bits per heavy atom. The average Bonchev–Trinajstić information content (AvgIpc) is 3.07. The maximum Gasteiger partial charge on any atom is 0.167 e. The van der Waals surface area contributed by atoms with Gasteiger partial charge in [-0.05, 0) is 23.8 Å². The molecule has 3 aromatic rings. The zero-order valence-electron chi connectivity index (χ0n) is 14.1. The Labute approximate surface area is 156 Å². The molecule has 4 rings (SSSR count). The van der Waals surface area contributed by atoms with Crippen molar-refractivity contribution in [2.75, 3.05) is 13.2 Å². The molecule has 1 aromatic heterocycles. The number of phenolic OH excluding ortho intramolecular Hbond substituents is 1. The minimum Gasteiger partial charge on any atom is -0.508 e. The molecule has 0 spiro atoms. The van der Waals surface area contributed by atoms with Gasteiger partial charge in [0.1, 0.15) is 5.75 Å². The molecule has 2 aromatic carbocycles. The lowest BCUT2D eigenvalue weighted by atomic mass is 9.90. The highest BCUT2D eigenvalue weighted by molar-refractivity contribution is 6.31. The van der Waals surface area contributed by atoms with E-state index in [2.05, 4.69) is 10.5 Å². The monoisotopic (exact) mass is 370 g/mol. The topological polar surface area (TPSA) is 67.5 Å². The molecule has 6 heteroatoms. The van der Waals surface area contributed by atoms with E-state index < -0.39 is 0 Å². The first-order chi connectivity index (χ1) is 12.6. The van der Waals surface area contributed by atoms with Crippen molar-refractivity contribution in [3.63, 3.8) is 0 Å². The summed E-state index contributed by atoms with van der Waals surface area (Å²) in [6.45, 7) is 1.90. The lowest BCUT2D eigenvalue weighted by molar-refractivity contribution is -0.0755. The number of rotatable bonds is 6. The number of benzene rings is 2. The summed E-state index contributed by atoms with van der Waals surface area (Å²) in [6, 6.07) is 16.6. The molecule has 0 bridgehead atoms. The van der Waals surface area contributed by atoms with Crippen LogP contribution >= 0.6 is 11.6 Å². The summed E-state index contributed by atoms with van der Waals surface area (Å²) in [5, 5.41) is 18.1. The van der Waals surface area contributed by atoms with Gasteiger partial charge in [-0.3, -0.25) is 0 Å². The van der Waals surface area contributed by atoms with Crippen molar-refractivity contribution < 1.29 is 14.4 Å². The molecule has 1 aliphatic rings. The van der Waals surface area contributed by atoms with Gasteiger partial charge in [0, 0.05) is 29.6 Å². The van der Waals surface area contributed by atoms with Crippen LogP contribution in [0.4, 0.5) is 0 Å². The van der Waals surface area contributed by atoms with Crippen LogP contribution in [0.15, 0.2) is 59.1 Å². The number of hydrogen-bond acceptors (Lipinski definition) is 5. The van der Waals surface area contributed by atoms with Crippen molar-refractivity contribution in [1.29, 1.82) is 0 Å². The normalized spacial score (nSPS) is 15.6. The van der Waals surface area contributed by atoms with Gasteiger partial charge in [-0.1, -0.05) is 47.1 Å². The highest BCUT2D eigenvalue weighted by Gasteiger charge is 2.39. The van der Waals surface area contributed by atoms with E-state index in [0.717, 1.165) is 21.8 Å². The van der Waals surface area contributed by atoms with Crippen molar-refractivity contribution in [1.82, 2.24) is 10.5 Å². The second-order valence-corrected chi connectivity index (χ2v) is 7.03. The molecule has 0 aliphatic carbocycles. The van der Waals surface area contributed by atoms with E-state index in [1.807, 2.05) is 36.4 Å². The second kappa shape index (κ2) is 7.11. The van der Waals surface area contributed by atoms with E-state index in [0.29, 0.717) is 31.9 Å². The average molecular weight is 371 g/mol. The van der Waals surface area contributed by atoms with Gasteiger partial charge in [0.15, 0.2) is 5.76 Å². The van der Waals surface area contributed by atoms with Gasteiger partial charge >= 0.3 is 0 Å². The molecule has 0 saturated carbocycles. The number of nitrogens with one attached hydrogen (secondary N) is 1. The largest absolute Gasteiger partial charge is 0.508 e. The number of halogens is 1. The first-order valence-corrected chi connectivity index (χ1v) is 8.83. The van der Waals surface area contributed by atoms with E-state index in [1.165, 1.54) is 0 Å². The fourth-order valence-electron chi connectivity index (χ4n) is 3.08. The number of hydrogen-bond donors (Lipinski definition) is 2. The van der Waals surface area contributed by atoms with Crippen LogP contribution < -0.4 is 5.32 Å². The van der Waals surface area contributed by atoms with Gasteiger partial charge in [-0.15, -0.1) is 0 Å². The number of aromatic nitrogens is 1. The highest BCUT2D eigenvalue weighted by Crippen LogP contribution is 2.28. The summed E-state index contributed by atoms with van der Waals surface area (Å²) in [5.74, 6) is 0.836. The predicted molar refractivity (Wildman–Crippen MR) is 99.1 cm³/mol. The molecule has 1 aliphatic heterocycles. The molecule has 0 atom stereocenters. The van der Waals surface area contributed by atoms with Gasteiger partial charge in [-0.2, -0.15) is 0 Å². The van der Waals surface area contributed by atoms with Crippen LogP contribution in [0.5, 0.6) is 5.75 Å². The molecule has 2 N–H and O–H groups in total. The van der Waals surface area contributed by atoms with E-state index >= 15 is 0 Å². The van der Waals surface area contributed by atoms with Gasteiger partial charge in [0.2, 0.25) is 0 Å². The molecule has 0 amide bonds. The summed E-state index contributed by atoms with van der Waals surface area (Å²) in [7, 11) is 0. The van der Waals surface area contributed by atoms with Gasteiger partial charge in [-0.25, -0.2) is 0 Å². The Morgan fingerprint density at radius 3 is 2.69 bits per heavy atom. The predicted octanol–water partition coefficient (Wildman–Crippen LogP) is 3.80. The quantitative estimate of drug-likeness (QED) is 0.690. The maximum absolute atomic E-state index is 9.62. The fraction of sp³-hybridized carbons (Fsp3) is 0.250.